The van der Waals surface area contributed by atoms with E-state index in [0.717, 1.165) is 126 Å². The molecule has 7 fully saturated rings. The van der Waals surface area contributed by atoms with Crippen molar-refractivity contribution >= 4 is 11.6 Å². The molecule has 0 aromatic heterocycles. The van der Waals surface area contributed by atoms with Crippen LogP contribution in [0.4, 0.5) is 0 Å². The molecule has 6 heteroatoms. The molecule has 0 aliphatic heterocycles. The van der Waals surface area contributed by atoms with E-state index in [1.807, 2.05) is 0 Å². The second kappa shape index (κ2) is 19.3. The van der Waals surface area contributed by atoms with Gasteiger partial charge >= 0.3 is 0 Å². The highest BCUT2D eigenvalue weighted by Crippen LogP contribution is 2.51. The maximum absolute atomic E-state index is 13.9. The second-order valence-electron chi connectivity index (χ2n) is 22.2. The lowest BCUT2D eigenvalue weighted by Crippen LogP contribution is -2.40. The van der Waals surface area contributed by atoms with Gasteiger partial charge in [-0.2, -0.15) is 0 Å². The molecule has 2 N–H and O–H groups in total. The number of aliphatic hydroxyl groups is 2. The third-order valence-electron chi connectivity index (χ3n) is 18.4. The standard InChI is InChI=1S/C50H84O6/c1-49(2,37-12-20-41(51)21-13-37)39-16-28-45(29-17-39)55-43-24-8-33(9-25-43)47(53)35-6-5-7-36(32-35)48(54)34-10-26-44(27-11-34)56-46-30-18-40(19-31-46)50(3,4)38-14-22-42(52)23-15-38/h33-46,51-52H,5-32H2,1-4H3. The van der Waals surface area contributed by atoms with Crippen molar-refractivity contribution in [1.82, 2.24) is 0 Å². The van der Waals surface area contributed by atoms with E-state index in [-0.39, 0.29) is 35.9 Å². The summed E-state index contributed by atoms with van der Waals surface area (Å²) in [5.41, 5.74) is 0.694. The van der Waals surface area contributed by atoms with Crippen molar-refractivity contribution in [2.45, 2.75) is 244 Å². The van der Waals surface area contributed by atoms with Crippen LogP contribution in [0.3, 0.4) is 0 Å². The van der Waals surface area contributed by atoms with Crippen molar-refractivity contribution in [3.63, 3.8) is 0 Å². The molecule has 56 heavy (non-hydrogen) atoms. The highest BCUT2D eigenvalue weighted by Gasteiger charge is 2.44. The SMILES string of the molecule is CC(C)(C1CCC(O)CC1)C1CCC(OC2CCC(C(=O)C3CCCC(C(=O)C4CCC(OC5CCC(C(C)(C)C6CCC(O)CC6)CC5)CC4)C3)CC2)CC1. The van der Waals surface area contributed by atoms with Gasteiger partial charge in [0.05, 0.1) is 36.6 Å². The monoisotopic (exact) mass is 781 g/mol. The first kappa shape index (κ1) is 43.3. The molecule has 7 saturated carbocycles. The Bertz CT molecular complexity index is 1130. The van der Waals surface area contributed by atoms with Crippen LogP contribution in [0.25, 0.3) is 0 Å². The largest absolute Gasteiger partial charge is 0.393 e. The van der Waals surface area contributed by atoms with E-state index in [9.17, 15) is 19.8 Å². The molecule has 320 valence electrons. The van der Waals surface area contributed by atoms with Gasteiger partial charge in [0.1, 0.15) is 11.6 Å². The Hall–Kier alpha value is -0.820. The first-order valence-electron chi connectivity index (χ1n) is 24.6. The van der Waals surface area contributed by atoms with E-state index < -0.39 is 0 Å². The van der Waals surface area contributed by atoms with Crippen molar-refractivity contribution in [3.05, 3.63) is 0 Å². The van der Waals surface area contributed by atoms with Crippen molar-refractivity contribution in [1.29, 1.82) is 0 Å². The molecule has 0 aromatic rings. The average molecular weight is 781 g/mol. The van der Waals surface area contributed by atoms with Gasteiger partial charge < -0.3 is 19.7 Å². The van der Waals surface area contributed by atoms with E-state index in [0.29, 0.717) is 46.8 Å². The number of ketones is 2. The molecule has 7 aliphatic rings. The van der Waals surface area contributed by atoms with E-state index in [2.05, 4.69) is 27.7 Å². The molecule has 0 bridgehead atoms. The minimum atomic E-state index is -0.0785. The van der Waals surface area contributed by atoms with Crippen molar-refractivity contribution in [2.24, 2.45) is 58.2 Å². The third-order valence-corrected chi connectivity index (χ3v) is 18.4. The van der Waals surface area contributed by atoms with E-state index in [4.69, 9.17) is 9.47 Å². The molecule has 0 aromatic carbocycles. The summed E-state index contributed by atoms with van der Waals surface area (Å²) in [6.45, 7) is 9.96. The van der Waals surface area contributed by atoms with Crippen LogP contribution in [0.15, 0.2) is 0 Å². The average Bonchev–Trinajstić information content (AvgIpc) is 3.22. The number of hydrogen-bond acceptors (Lipinski definition) is 6. The maximum atomic E-state index is 13.9. The first-order chi connectivity index (χ1) is 26.9. The molecule has 0 saturated heterocycles. The first-order valence-corrected chi connectivity index (χ1v) is 24.6. The minimum absolute atomic E-state index is 0.0785. The van der Waals surface area contributed by atoms with Crippen LogP contribution in [0, 0.1) is 58.2 Å². The molecule has 0 spiro atoms. The lowest BCUT2D eigenvalue weighted by molar-refractivity contribution is -0.135. The molecular weight excluding hydrogens is 697 g/mol. The van der Waals surface area contributed by atoms with Gasteiger partial charge in [0.15, 0.2) is 0 Å². The molecule has 2 atom stereocenters. The highest BCUT2D eigenvalue weighted by atomic mass is 16.5. The quantitative estimate of drug-likeness (QED) is 0.205. The summed E-state index contributed by atoms with van der Waals surface area (Å²) in [5.74, 6) is 4.40. The van der Waals surface area contributed by atoms with E-state index in [1.165, 1.54) is 77.0 Å². The molecule has 0 heterocycles. The Labute approximate surface area is 342 Å². The number of aliphatic hydroxyl groups excluding tert-OH is 2. The Kier molecular flexibility index (Phi) is 14.9. The molecule has 7 rings (SSSR count). The van der Waals surface area contributed by atoms with Gasteiger partial charge in [-0.1, -0.05) is 34.1 Å². The van der Waals surface area contributed by atoms with Crippen molar-refractivity contribution in [3.8, 4) is 0 Å². The molecule has 2 unspecified atom stereocenters. The fourth-order valence-corrected chi connectivity index (χ4v) is 14.1. The lowest BCUT2D eigenvalue weighted by atomic mass is 9.60. The zero-order valence-corrected chi connectivity index (χ0v) is 36.4. The predicted octanol–water partition coefficient (Wildman–Crippen LogP) is 11.4. The normalized spacial score (nSPS) is 42.2. The van der Waals surface area contributed by atoms with Crippen LogP contribution >= 0.6 is 0 Å². The highest BCUT2D eigenvalue weighted by molar-refractivity contribution is 5.87. The van der Waals surface area contributed by atoms with Crippen LogP contribution < -0.4 is 0 Å². The van der Waals surface area contributed by atoms with Crippen LogP contribution in [-0.4, -0.2) is 58.4 Å². The van der Waals surface area contributed by atoms with Crippen molar-refractivity contribution in [2.75, 3.05) is 0 Å². The Morgan fingerprint density at radius 2 is 0.643 bits per heavy atom. The lowest BCUT2D eigenvalue weighted by Gasteiger charge is -2.46. The zero-order chi connectivity index (χ0) is 39.5. The van der Waals surface area contributed by atoms with Gasteiger partial charge in [0, 0.05) is 23.7 Å². The smallest absolute Gasteiger partial charge is 0.139 e. The number of carbonyl (C=O) groups is 2. The fraction of sp³-hybridized carbons (Fsp3) is 0.960. The summed E-state index contributed by atoms with van der Waals surface area (Å²) >= 11 is 0. The molecule has 6 nitrogen and oxygen atoms in total. The van der Waals surface area contributed by atoms with E-state index in [1.54, 1.807) is 0 Å². The second-order valence-corrected chi connectivity index (χ2v) is 22.2. The molecule has 7 aliphatic carbocycles. The fourth-order valence-electron chi connectivity index (χ4n) is 14.1. The van der Waals surface area contributed by atoms with Gasteiger partial charge in [-0.25, -0.2) is 0 Å². The van der Waals surface area contributed by atoms with Gasteiger partial charge in [0.2, 0.25) is 0 Å². The number of ether oxygens (including phenoxy) is 2. The predicted molar refractivity (Wildman–Crippen MR) is 224 cm³/mol. The van der Waals surface area contributed by atoms with E-state index >= 15 is 0 Å². The van der Waals surface area contributed by atoms with Crippen LogP contribution in [0.1, 0.15) is 207 Å². The molecule has 0 radical (unpaired) electrons. The zero-order valence-electron chi connectivity index (χ0n) is 36.4. The number of Topliss-reactive ketones (excluding diaryl/α,β-unsaturated/α-hetero) is 2. The maximum Gasteiger partial charge on any atom is 0.139 e. The van der Waals surface area contributed by atoms with Gasteiger partial charge in [0.25, 0.3) is 0 Å². The summed E-state index contributed by atoms with van der Waals surface area (Å²) in [7, 11) is 0. The summed E-state index contributed by atoms with van der Waals surface area (Å²) in [6, 6.07) is 0. The van der Waals surface area contributed by atoms with Crippen LogP contribution in [0.2, 0.25) is 0 Å². The van der Waals surface area contributed by atoms with Crippen LogP contribution in [-0.2, 0) is 19.1 Å². The van der Waals surface area contributed by atoms with Crippen molar-refractivity contribution < 1.29 is 29.3 Å². The number of rotatable bonds is 12. The number of hydrogen-bond donors (Lipinski definition) is 2. The Morgan fingerprint density at radius 3 is 0.946 bits per heavy atom. The Balaban J connectivity index is 0.776. The Morgan fingerprint density at radius 1 is 0.375 bits per heavy atom. The van der Waals surface area contributed by atoms with Gasteiger partial charge in [-0.15, -0.1) is 0 Å². The number of carbonyl (C=O) groups excluding carboxylic acids is 2. The van der Waals surface area contributed by atoms with Gasteiger partial charge in [-0.3, -0.25) is 9.59 Å². The molecule has 0 amide bonds. The summed E-state index contributed by atoms with van der Waals surface area (Å²) in [4.78, 5) is 27.8. The summed E-state index contributed by atoms with van der Waals surface area (Å²) < 4.78 is 13.5. The minimum Gasteiger partial charge on any atom is -0.393 e. The summed E-state index contributed by atoms with van der Waals surface area (Å²) in [5, 5.41) is 20.0. The molecular formula is C50H84O6. The van der Waals surface area contributed by atoms with Crippen LogP contribution in [0.5, 0.6) is 0 Å². The third kappa shape index (κ3) is 10.5. The topological polar surface area (TPSA) is 93.1 Å². The van der Waals surface area contributed by atoms with Gasteiger partial charge in [-0.05, 0) is 208 Å². The summed E-state index contributed by atoms with van der Waals surface area (Å²) in [6.07, 6.45) is 31.2.